The number of fused-ring (bicyclic) bond motifs is 1. The number of amides is 2. The molecule has 164 valence electrons. The summed E-state index contributed by atoms with van der Waals surface area (Å²) in [5, 5.41) is 2.50. The molecule has 2 amide bonds. The van der Waals surface area contributed by atoms with Crippen LogP contribution in [0.5, 0.6) is 0 Å². The van der Waals surface area contributed by atoms with Crippen molar-refractivity contribution in [3.8, 4) is 0 Å². The number of anilines is 2. The van der Waals surface area contributed by atoms with Crippen LogP contribution in [0.4, 0.5) is 24.5 Å². The molecule has 1 heterocycles. The Balaban J connectivity index is 1.63. The van der Waals surface area contributed by atoms with Gasteiger partial charge in [0.15, 0.2) is 0 Å². The van der Waals surface area contributed by atoms with Crippen molar-refractivity contribution in [2.75, 3.05) is 16.8 Å². The minimum Gasteiger partial charge on any atom is -0.324 e. The smallest absolute Gasteiger partial charge is 0.324 e. The summed E-state index contributed by atoms with van der Waals surface area (Å²) in [6, 6.07) is 12.0. The summed E-state index contributed by atoms with van der Waals surface area (Å²) in [7, 11) is 0. The van der Waals surface area contributed by atoms with Crippen LogP contribution in [0, 0.1) is 6.92 Å². The highest BCUT2D eigenvalue weighted by Gasteiger charge is 2.49. The van der Waals surface area contributed by atoms with E-state index in [1.807, 2.05) is 36.1 Å². The molecule has 1 fully saturated rings. The number of benzene rings is 2. The quantitative estimate of drug-likeness (QED) is 0.770. The predicted octanol–water partition coefficient (Wildman–Crippen LogP) is 4.27. The molecule has 0 radical (unpaired) electrons. The van der Waals surface area contributed by atoms with Gasteiger partial charge in [-0.25, -0.2) is 0 Å². The van der Waals surface area contributed by atoms with E-state index in [0.29, 0.717) is 6.54 Å². The molecule has 31 heavy (non-hydrogen) atoms. The fourth-order valence-corrected chi connectivity index (χ4v) is 3.93. The largest absolute Gasteiger partial charge is 0.409 e. The van der Waals surface area contributed by atoms with E-state index in [-0.39, 0.29) is 24.0 Å². The number of nitrogens with one attached hydrogen (secondary N) is 1. The third kappa shape index (κ3) is 4.90. The summed E-state index contributed by atoms with van der Waals surface area (Å²) in [5.41, 5.74) is 2.41. The third-order valence-electron chi connectivity index (χ3n) is 5.68. The highest BCUT2D eigenvalue weighted by Crippen LogP contribution is 2.38. The van der Waals surface area contributed by atoms with E-state index in [9.17, 15) is 22.8 Å². The maximum absolute atomic E-state index is 13.9. The molecule has 1 aliphatic carbocycles. The van der Waals surface area contributed by atoms with Crippen molar-refractivity contribution < 1.29 is 22.8 Å². The summed E-state index contributed by atoms with van der Waals surface area (Å²) in [6.45, 7) is 2.32. The average molecular weight is 431 g/mol. The van der Waals surface area contributed by atoms with Gasteiger partial charge < -0.3 is 5.32 Å². The van der Waals surface area contributed by atoms with Crippen LogP contribution in [0.3, 0.4) is 0 Å². The lowest BCUT2D eigenvalue weighted by Gasteiger charge is -2.33. The van der Waals surface area contributed by atoms with E-state index in [1.165, 1.54) is 12.1 Å². The van der Waals surface area contributed by atoms with E-state index >= 15 is 0 Å². The molecule has 4 rings (SSSR count). The Kier molecular flexibility index (Phi) is 5.75. The van der Waals surface area contributed by atoms with Crippen molar-refractivity contribution in [1.29, 1.82) is 0 Å². The second-order valence-corrected chi connectivity index (χ2v) is 8.21. The van der Waals surface area contributed by atoms with E-state index in [2.05, 4.69) is 5.32 Å². The van der Waals surface area contributed by atoms with Crippen LogP contribution in [0.15, 0.2) is 48.5 Å². The van der Waals surface area contributed by atoms with E-state index in [1.54, 1.807) is 12.1 Å². The number of rotatable bonds is 5. The predicted molar refractivity (Wildman–Crippen MR) is 112 cm³/mol. The van der Waals surface area contributed by atoms with Gasteiger partial charge in [0.25, 0.3) is 0 Å². The molecule has 0 saturated heterocycles. The van der Waals surface area contributed by atoms with Crippen molar-refractivity contribution in [2.24, 2.45) is 0 Å². The van der Waals surface area contributed by atoms with E-state index in [4.69, 9.17) is 0 Å². The third-order valence-corrected chi connectivity index (χ3v) is 5.68. The van der Waals surface area contributed by atoms with Gasteiger partial charge in [-0.2, -0.15) is 13.2 Å². The lowest BCUT2D eigenvalue weighted by molar-refractivity contribution is -0.158. The minimum atomic E-state index is -4.73. The summed E-state index contributed by atoms with van der Waals surface area (Å²) in [5.74, 6) is -1.42. The van der Waals surface area contributed by atoms with Gasteiger partial charge in [-0.15, -0.1) is 0 Å². The second-order valence-electron chi connectivity index (χ2n) is 8.21. The first-order valence-electron chi connectivity index (χ1n) is 10.3. The van der Waals surface area contributed by atoms with Crippen molar-refractivity contribution >= 4 is 23.2 Å². The van der Waals surface area contributed by atoms with Crippen molar-refractivity contribution in [2.45, 2.75) is 51.0 Å². The second kappa shape index (κ2) is 8.34. The SMILES string of the molecule is Cc1ccc(CN(CC(=O)N2c3ccccc3NC(=O)CC2C(F)(F)F)C2CC2)cc1. The molecule has 0 spiro atoms. The number of alkyl halides is 3. The van der Waals surface area contributed by atoms with E-state index < -0.39 is 30.5 Å². The number of aryl methyl sites for hydroxylation is 1. The van der Waals surface area contributed by atoms with Crippen LogP contribution in [-0.2, 0) is 16.1 Å². The summed E-state index contributed by atoms with van der Waals surface area (Å²) in [4.78, 5) is 28.1. The highest BCUT2D eigenvalue weighted by atomic mass is 19.4. The molecule has 1 aliphatic heterocycles. The number of nitrogens with zero attached hydrogens (tertiary/aromatic N) is 2. The number of para-hydroxylation sites is 2. The van der Waals surface area contributed by atoms with E-state index in [0.717, 1.165) is 28.9 Å². The average Bonchev–Trinajstić information content (AvgIpc) is 3.54. The molecular weight excluding hydrogens is 407 g/mol. The molecule has 2 aliphatic rings. The van der Waals surface area contributed by atoms with Gasteiger partial charge in [0.05, 0.1) is 24.3 Å². The summed E-state index contributed by atoms with van der Waals surface area (Å²) >= 11 is 0. The monoisotopic (exact) mass is 431 g/mol. The molecule has 0 bridgehead atoms. The van der Waals surface area contributed by atoms with Gasteiger partial charge in [0.1, 0.15) is 6.04 Å². The first kappa shape index (κ1) is 21.4. The molecule has 1 unspecified atom stereocenters. The number of hydrogen-bond donors (Lipinski definition) is 1. The molecule has 5 nitrogen and oxygen atoms in total. The topological polar surface area (TPSA) is 52.7 Å². The Bertz CT molecular complexity index is 971. The van der Waals surface area contributed by atoms with Gasteiger partial charge in [0, 0.05) is 12.6 Å². The number of hydrogen-bond acceptors (Lipinski definition) is 3. The molecule has 8 heteroatoms. The molecule has 1 saturated carbocycles. The fourth-order valence-electron chi connectivity index (χ4n) is 3.93. The van der Waals surface area contributed by atoms with Gasteiger partial charge in [-0.05, 0) is 37.5 Å². The lowest BCUT2D eigenvalue weighted by Crippen LogP contribution is -2.52. The normalized spacial score (nSPS) is 19.1. The number of carbonyl (C=O) groups excluding carboxylic acids is 2. The Labute approximate surface area is 178 Å². The first-order valence-corrected chi connectivity index (χ1v) is 10.3. The minimum absolute atomic E-state index is 0.0757. The van der Waals surface area contributed by atoms with Gasteiger partial charge in [-0.3, -0.25) is 19.4 Å². The zero-order valence-electron chi connectivity index (χ0n) is 17.2. The summed E-state index contributed by atoms with van der Waals surface area (Å²) in [6.07, 6.45) is -3.73. The summed E-state index contributed by atoms with van der Waals surface area (Å²) < 4.78 is 41.7. The Morgan fingerprint density at radius 2 is 1.81 bits per heavy atom. The maximum atomic E-state index is 13.9. The van der Waals surface area contributed by atoms with Crippen molar-refractivity contribution in [1.82, 2.24) is 4.90 Å². The van der Waals surface area contributed by atoms with Gasteiger partial charge >= 0.3 is 6.18 Å². The standard InChI is InChI=1S/C23H24F3N3O2/c1-15-6-8-16(9-7-15)13-28(17-10-11-17)14-22(31)29-19-5-3-2-4-18(19)27-21(30)12-20(29)23(24,25)26/h2-9,17,20H,10-14H2,1H3,(H,27,30). The molecular formula is C23H24F3N3O2. The highest BCUT2D eigenvalue weighted by molar-refractivity contribution is 6.05. The van der Waals surface area contributed by atoms with Crippen LogP contribution in [0.25, 0.3) is 0 Å². The van der Waals surface area contributed by atoms with Crippen LogP contribution < -0.4 is 10.2 Å². The Morgan fingerprint density at radius 1 is 1.13 bits per heavy atom. The Morgan fingerprint density at radius 3 is 2.45 bits per heavy atom. The number of carbonyl (C=O) groups is 2. The van der Waals surface area contributed by atoms with Crippen molar-refractivity contribution in [3.05, 3.63) is 59.7 Å². The van der Waals surface area contributed by atoms with Crippen LogP contribution in [-0.4, -0.2) is 41.5 Å². The van der Waals surface area contributed by atoms with Crippen LogP contribution >= 0.6 is 0 Å². The molecule has 2 aromatic carbocycles. The number of halogens is 3. The lowest BCUT2D eigenvalue weighted by atomic mass is 10.1. The molecule has 2 aromatic rings. The molecule has 0 aromatic heterocycles. The van der Waals surface area contributed by atoms with Crippen molar-refractivity contribution in [3.63, 3.8) is 0 Å². The molecule has 1 atom stereocenters. The first-order chi connectivity index (χ1) is 14.7. The van der Waals surface area contributed by atoms with Gasteiger partial charge in [-0.1, -0.05) is 42.0 Å². The maximum Gasteiger partial charge on any atom is 0.409 e. The Hall–Kier alpha value is -2.87. The molecule has 1 N–H and O–H groups in total. The zero-order chi connectivity index (χ0) is 22.2. The fraction of sp³-hybridized carbons (Fsp3) is 0.391. The van der Waals surface area contributed by atoms with Gasteiger partial charge in [0.2, 0.25) is 11.8 Å². The zero-order valence-corrected chi connectivity index (χ0v) is 17.2. The van der Waals surface area contributed by atoms with Crippen LogP contribution in [0.1, 0.15) is 30.4 Å². The van der Waals surface area contributed by atoms with Crippen LogP contribution in [0.2, 0.25) is 0 Å².